The first-order chi connectivity index (χ1) is 6.38. The van der Waals surface area contributed by atoms with Crippen LogP contribution in [0.15, 0.2) is 16.3 Å². The standard InChI is InChI=1S/C10H15NOS2/c1-10(2,3)6-11-9(12)8-4-7(13)5-14-8/h4-5,13H,6H2,1-3H3,(H,11,12). The molecule has 1 N–H and O–H groups in total. The van der Waals surface area contributed by atoms with Gasteiger partial charge in [-0.15, -0.1) is 24.0 Å². The third-order valence-corrected chi connectivity index (χ3v) is 2.95. The zero-order valence-corrected chi connectivity index (χ0v) is 10.3. The van der Waals surface area contributed by atoms with Gasteiger partial charge in [0.25, 0.3) is 5.91 Å². The Kier molecular flexibility index (Phi) is 3.61. The fourth-order valence-corrected chi connectivity index (χ4v) is 1.94. The highest BCUT2D eigenvalue weighted by Gasteiger charge is 2.13. The Bertz CT molecular complexity index is 325. The second kappa shape index (κ2) is 4.36. The number of thiophene rings is 1. The second-order valence-electron chi connectivity index (χ2n) is 4.41. The highest BCUT2D eigenvalue weighted by atomic mass is 32.1. The van der Waals surface area contributed by atoms with E-state index in [4.69, 9.17) is 0 Å². The largest absolute Gasteiger partial charge is 0.351 e. The Balaban J connectivity index is 2.52. The van der Waals surface area contributed by atoms with Crippen molar-refractivity contribution in [3.8, 4) is 0 Å². The summed E-state index contributed by atoms with van der Waals surface area (Å²) < 4.78 is 0. The maximum Gasteiger partial charge on any atom is 0.261 e. The first-order valence-electron chi connectivity index (χ1n) is 4.44. The molecule has 1 rings (SSSR count). The van der Waals surface area contributed by atoms with E-state index in [0.29, 0.717) is 6.54 Å². The Hall–Kier alpha value is -0.480. The van der Waals surface area contributed by atoms with E-state index in [1.807, 2.05) is 5.38 Å². The molecule has 1 heterocycles. The molecule has 1 amide bonds. The average Bonchev–Trinajstić information content (AvgIpc) is 2.46. The molecule has 0 radical (unpaired) electrons. The quantitative estimate of drug-likeness (QED) is 0.750. The maximum atomic E-state index is 11.6. The number of amides is 1. The van der Waals surface area contributed by atoms with Crippen molar-refractivity contribution in [2.45, 2.75) is 25.7 Å². The van der Waals surface area contributed by atoms with Crippen LogP contribution in [0.5, 0.6) is 0 Å². The summed E-state index contributed by atoms with van der Waals surface area (Å²) >= 11 is 5.58. The Morgan fingerprint density at radius 2 is 2.21 bits per heavy atom. The van der Waals surface area contributed by atoms with Crippen molar-refractivity contribution in [3.63, 3.8) is 0 Å². The predicted octanol–water partition coefficient (Wildman–Crippen LogP) is 2.81. The molecule has 0 atom stereocenters. The van der Waals surface area contributed by atoms with Crippen LogP contribution in [0.3, 0.4) is 0 Å². The number of carbonyl (C=O) groups is 1. The molecule has 4 heteroatoms. The van der Waals surface area contributed by atoms with Crippen molar-refractivity contribution < 1.29 is 4.79 Å². The van der Waals surface area contributed by atoms with Crippen LogP contribution < -0.4 is 5.32 Å². The molecular formula is C10H15NOS2. The lowest BCUT2D eigenvalue weighted by Crippen LogP contribution is -2.31. The normalized spacial score (nSPS) is 11.4. The Morgan fingerprint density at radius 1 is 1.57 bits per heavy atom. The molecule has 2 nitrogen and oxygen atoms in total. The molecule has 0 saturated carbocycles. The first-order valence-corrected chi connectivity index (χ1v) is 5.77. The predicted molar refractivity (Wildman–Crippen MR) is 63.4 cm³/mol. The smallest absolute Gasteiger partial charge is 0.261 e. The molecule has 0 spiro atoms. The van der Waals surface area contributed by atoms with Crippen molar-refractivity contribution in [2.24, 2.45) is 5.41 Å². The molecule has 1 aromatic heterocycles. The number of rotatable bonds is 2. The molecule has 0 saturated heterocycles. The van der Waals surface area contributed by atoms with E-state index in [9.17, 15) is 4.79 Å². The van der Waals surface area contributed by atoms with Gasteiger partial charge >= 0.3 is 0 Å². The van der Waals surface area contributed by atoms with E-state index in [2.05, 4.69) is 38.7 Å². The van der Waals surface area contributed by atoms with E-state index >= 15 is 0 Å². The van der Waals surface area contributed by atoms with Crippen molar-refractivity contribution in [2.75, 3.05) is 6.54 Å². The average molecular weight is 229 g/mol. The van der Waals surface area contributed by atoms with Crippen LogP contribution in [0.2, 0.25) is 0 Å². The number of thiol groups is 1. The highest BCUT2D eigenvalue weighted by molar-refractivity contribution is 7.80. The summed E-state index contributed by atoms with van der Waals surface area (Å²) in [5.41, 5.74) is 0.122. The van der Waals surface area contributed by atoms with E-state index < -0.39 is 0 Å². The van der Waals surface area contributed by atoms with Gasteiger partial charge in [-0.3, -0.25) is 4.79 Å². The van der Waals surface area contributed by atoms with Gasteiger partial charge in [-0.2, -0.15) is 0 Å². The summed E-state index contributed by atoms with van der Waals surface area (Å²) in [6.07, 6.45) is 0. The second-order valence-corrected chi connectivity index (χ2v) is 5.84. The van der Waals surface area contributed by atoms with E-state index in [1.54, 1.807) is 6.07 Å². The summed E-state index contributed by atoms with van der Waals surface area (Å²) in [6, 6.07) is 1.78. The van der Waals surface area contributed by atoms with Crippen LogP contribution in [0, 0.1) is 5.41 Å². The fourth-order valence-electron chi connectivity index (χ4n) is 0.878. The molecule has 0 unspecified atom stereocenters. The zero-order valence-electron chi connectivity index (χ0n) is 8.63. The molecule has 0 aliphatic rings. The molecule has 78 valence electrons. The van der Waals surface area contributed by atoms with Gasteiger partial charge in [0.05, 0.1) is 4.88 Å². The minimum absolute atomic E-state index is 0.00905. The van der Waals surface area contributed by atoms with Crippen LogP contribution in [0.1, 0.15) is 30.4 Å². The summed E-state index contributed by atoms with van der Waals surface area (Å²) in [6.45, 7) is 6.95. The van der Waals surface area contributed by atoms with E-state index in [0.717, 1.165) is 9.77 Å². The van der Waals surface area contributed by atoms with Crippen LogP contribution in [0.4, 0.5) is 0 Å². The van der Waals surface area contributed by atoms with Gasteiger partial charge in [0, 0.05) is 16.8 Å². The first kappa shape index (κ1) is 11.6. The number of hydrogen-bond acceptors (Lipinski definition) is 3. The van der Waals surface area contributed by atoms with Gasteiger partial charge in [-0.25, -0.2) is 0 Å². The highest BCUT2D eigenvalue weighted by Crippen LogP contribution is 2.18. The van der Waals surface area contributed by atoms with Crippen LogP contribution in [-0.4, -0.2) is 12.5 Å². The Labute approximate surface area is 94.1 Å². The SMILES string of the molecule is CC(C)(C)CNC(=O)c1cc(S)cs1. The Morgan fingerprint density at radius 3 is 2.64 bits per heavy atom. The van der Waals surface area contributed by atoms with Crippen molar-refractivity contribution in [1.82, 2.24) is 5.32 Å². The van der Waals surface area contributed by atoms with Crippen LogP contribution in [0.25, 0.3) is 0 Å². The molecule has 0 aliphatic heterocycles. The summed E-state index contributed by atoms with van der Waals surface area (Å²) in [7, 11) is 0. The minimum Gasteiger partial charge on any atom is -0.351 e. The van der Waals surface area contributed by atoms with E-state index in [-0.39, 0.29) is 11.3 Å². The topological polar surface area (TPSA) is 29.1 Å². The lowest BCUT2D eigenvalue weighted by atomic mass is 9.97. The van der Waals surface area contributed by atoms with Gasteiger partial charge < -0.3 is 5.32 Å². The third-order valence-electron chi connectivity index (χ3n) is 1.59. The summed E-state index contributed by atoms with van der Waals surface area (Å²) in [5.74, 6) is -0.00905. The number of nitrogens with one attached hydrogen (secondary N) is 1. The van der Waals surface area contributed by atoms with Gasteiger partial charge in [0.1, 0.15) is 0 Å². The lowest BCUT2D eigenvalue weighted by Gasteiger charge is -2.18. The number of carbonyl (C=O) groups excluding carboxylic acids is 1. The van der Waals surface area contributed by atoms with Crippen molar-refractivity contribution >= 4 is 29.9 Å². The summed E-state index contributed by atoms with van der Waals surface area (Å²) in [4.78, 5) is 13.1. The van der Waals surface area contributed by atoms with Gasteiger partial charge in [0.2, 0.25) is 0 Å². The minimum atomic E-state index is -0.00905. The molecule has 0 bridgehead atoms. The number of hydrogen-bond donors (Lipinski definition) is 2. The van der Waals surface area contributed by atoms with Gasteiger partial charge in [-0.05, 0) is 11.5 Å². The lowest BCUT2D eigenvalue weighted by molar-refractivity contribution is 0.0943. The van der Waals surface area contributed by atoms with Gasteiger partial charge in [-0.1, -0.05) is 20.8 Å². The van der Waals surface area contributed by atoms with Crippen LogP contribution in [-0.2, 0) is 0 Å². The summed E-state index contributed by atoms with van der Waals surface area (Å²) in [5, 5.41) is 4.75. The monoisotopic (exact) mass is 229 g/mol. The molecule has 1 aromatic rings. The third kappa shape index (κ3) is 3.72. The molecule has 0 fully saturated rings. The maximum absolute atomic E-state index is 11.6. The van der Waals surface area contributed by atoms with Crippen molar-refractivity contribution in [1.29, 1.82) is 0 Å². The molecule has 14 heavy (non-hydrogen) atoms. The van der Waals surface area contributed by atoms with Gasteiger partial charge in [0.15, 0.2) is 0 Å². The zero-order chi connectivity index (χ0) is 10.8. The molecular weight excluding hydrogens is 214 g/mol. The van der Waals surface area contributed by atoms with E-state index in [1.165, 1.54) is 11.3 Å². The molecule has 0 aromatic carbocycles. The van der Waals surface area contributed by atoms with Crippen molar-refractivity contribution in [3.05, 3.63) is 16.3 Å². The fraction of sp³-hybridized carbons (Fsp3) is 0.500. The molecule has 0 aliphatic carbocycles. The van der Waals surface area contributed by atoms with Crippen LogP contribution >= 0.6 is 24.0 Å².